The Morgan fingerprint density at radius 2 is 1.88 bits per heavy atom. The molecule has 0 N–H and O–H groups in total. The van der Waals surface area contributed by atoms with Crippen LogP contribution >= 0.6 is 0 Å². The standard InChI is InChI=1S/C27H34NO5/c1-16-12-23(30-6)18(3)17(2)21(16)9-8-20(29)14-22-25-19(10-11-28(22,4)5)13-24-26(27(25)31-7)33-15-32-24/h8-9,12-13,22H,10-11,14-15H2,1-7H3/q+1/b9-8+/t22-/m0/s1. The van der Waals surface area contributed by atoms with Crippen molar-refractivity contribution in [2.45, 2.75) is 39.7 Å². The van der Waals surface area contributed by atoms with Crippen LogP contribution in [0, 0.1) is 20.8 Å². The van der Waals surface area contributed by atoms with E-state index in [1.54, 1.807) is 20.3 Å². The Kier molecular flexibility index (Phi) is 6.14. The molecule has 0 radical (unpaired) electrons. The van der Waals surface area contributed by atoms with Crippen molar-refractivity contribution in [2.24, 2.45) is 0 Å². The van der Waals surface area contributed by atoms with Gasteiger partial charge in [-0.3, -0.25) is 4.79 Å². The number of hydrogen-bond acceptors (Lipinski definition) is 5. The van der Waals surface area contributed by atoms with Gasteiger partial charge in [-0.25, -0.2) is 0 Å². The monoisotopic (exact) mass is 452 g/mol. The summed E-state index contributed by atoms with van der Waals surface area (Å²) in [6.07, 6.45) is 4.95. The van der Waals surface area contributed by atoms with E-state index in [-0.39, 0.29) is 18.6 Å². The molecule has 0 aromatic heterocycles. The third-order valence-corrected chi connectivity index (χ3v) is 7.24. The van der Waals surface area contributed by atoms with Gasteiger partial charge in [0.1, 0.15) is 11.8 Å². The highest BCUT2D eigenvalue weighted by molar-refractivity contribution is 5.94. The number of quaternary nitrogens is 1. The lowest BCUT2D eigenvalue weighted by Crippen LogP contribution is -2.48. The molecule has 4 rings (SSSR count). The molecule has 2 aliphatic heterocycles. The summed E-state index contributed by atoms with van der Waals surface area (Å²) in [5.74, 6) is 3.03. The first-order chi connectivity index (χ1) is 15.7. The molecular weight excluding hydrogens is 418 g/mol. The minimum atomic E-state index is -0.0323. The number of aryl methyl sites for hydroxylation is 1. The van der Waals surface area contributed by atoms with Crippen molar-refractivity contribution < 1.29 is 28.2 Å². The Labute approximate surface area is 196 Å². The van der Waals surface area contributed by atoms with Gasteiger partial charge < -0.3 is 23.4 Å². The lowest BCUT2D eigenvalue weighted by Gasteiger charge is -2.43. The van der Waals surface area contributed by atoms with E-state index in [9.17, 15) is 4.79 Å². The van der Waals surface area contributed by atoms with E-state index in [2.05, 4.69) is 27.1 Å². The zero-order valence-corrected chi connectivity index (χ0v) is 20.7. The molecule has 2 heterocycles. The van der Waals surface area contributed by atoms with Gasteiger partial charge in [0.15, 0.2) is 17.3 Å². The predicted molar refractivity (Wildman–Crippen MR) is 128 cm³/mol. The van der Waals surface area contributed by atoms with Gasteiger partial charge in [0.2, 0.25) is 12.5 Å². The first-order valence-corrected chi connectivity index (χ1v) is 11.4. The van der Waals surface area contributed by atoms with Gasteiger partial charge in [-0.2, -0.15) is 0 Å². The van der Waals surface area contributed by atoms with Gasteiger partial charge in [0.05, 0.1) is 46.8 Å². The van der Waals surface area contributed by atoms with Crippen LogP contribution in [-0.4, -0.2) is 51.9 Å². The summed E-state index contributed by atoms with van der Waals surface area (Å²) in [7, 11) is 7.69. The fraction of sp³-hybridized carbons (Fsp3) is 0.444. The highest BCUT2D eigenvalue weighted by Gasteiger charge is 2.41. The number of ketones is 1. The number of allylic oxidation sites excluding steroid dienone is 1. The highest BCUT2D eigenvalue weighted by Crippen LogP contribution is 2.51. The number of methoxy groups -OCH3 is 2. The Hall–Kier alpha value is -2.99. The van der Waals surface area contributed by atoms with Crippen LogP contribution in [-0.2, 0) is 11.2 Å². The number of benzene rings is 2. The summed E-state index contributed by atoms with van der Waals surface area (Å²) in [5.41, 5.74) is 6.62. The smallest absolute Gasteiger partial charge is 0.231 e. The SMILES string of the molecule is COc1cc(C)c(/C=C/C(=O)C[C@H]2c3c(cc4c(c3OC)OCO4)CC[N+]2(C)C)c(C)c1C. The largest absolute Gasteiger partial charge is 0.496 e. The summed E-state index contributed by atoms with van der Waals surface area (Å²) in [6.45, 7) is 7.29. The van der Waals surface area contributed by atoms with Crippen LogP contribution in [0.5, 0.6) is 23.0 Å². The molecule has 0 unspecified atom stereocenters. The molecule has 2 aliphatic rings. The Morgan fingerprint density at radius 1 is 1.12 bits per heavy atom. The van der Waals surface area contributed by atoms with Gasteiger partial charge in [-0.05, 0) is 66.8 Å². The van der Waals surface area contributed by atoms with Crippen molar-refractivity contribution in [3.63, 3.8) is 0 Å². The molecule has 6 nitrogen and oxygen atoms in total. The Morgan fingerprint density at radius 3 is 2.58 bits per heavy atom. The maximum Gasteiger partial charge on any atom is 0.231 e. The van der Waals surface area contributed by atoms with Gasteiger partial charge >= 0.3 is 0 Å². The van der Waals surface area contributed by atoms with E-state index < -0.39 is 0 Å². The second-order valence-electron chi connectivity index (χ2n) is 9.55. The third kappa shape index (κ3) is 4.08. The number of carbonyl (C=O) groups is 1. The van der Waals surface area contributed by atoms with E-state index >= 15 is 0 Å². The molecule has 0 bridgehead atoms. The van der Waals surface area contributed by atoms with Crippen molar-refractivity contribution in [2.75, 3.05) is 41.7 Å². The average Bonchev–Trinajstić information content (AvgIpc) is 3.25. The van der Waals surface area contributed by atoms with Gasteiger partial charge in [-0.15, -0.1) is 0 Å². The molecular formula is C27H34NO5+. The molecule has 0 amide bonds. The summed E-state index contributed by atoms with van der Waals surface area (Å²) in [5, 5.41) is 0. The van der Waals surface area contributed by atoms with Crippen LogP contribution < -0.4 is 18.9 Å². The summed E-state index contributed by atoms with van der Waals surface area (Å²) >= 11 is 0. The molecule has 0 saturated carbocycles. The molecule has 33 heavy (non-hydrogen) atoms. The number of carbonyl (C=O) groups excluding carboxylic acids is 1. The summed E-state index contributed by atoms with van der Waals surface area (Å²) in [6, 6.07) is 4.05. The van der Waals surface area contributed by atoms with E-state index in [1.165, 1.54) is 5.56 Å². The molecule has 2 aromatic carbocycles. The van der Waals surface area contributed by atoms with Crippen molar-refractivity contribution >= 4 is 11.9 Å². The van der Waals surface area contributed by atoms with Crippen molar-refractivity contribution in [1.29, 1.82) is 0 Å². The molecule has 6 heteroatoms. The molecule has 0 saturated heterocycles. The number of rotatable bonds is 6. The van der Waals surface area contributed by atoms with Crippen LogP contribution in [0.4, 0.5) is 0 Å². The Balaban J connectivity index is 1.66. The van der Waals surface area contributed by atoms with Gasteiger partial charge in [0, 0.05) is 6.42 Å². The first-order valence-electron chi connectivity index (χ1n) is 11.4. The fourth-order valence-corrected chi connectivity index (χ4v) is 5.08. The van der Waals surface area contributed by atoms with Gasteiger partial charge in [-0.1, -0.05) is 6.08 Å². The zero-order chi connectivity index (χ0) is 23.9. The average molecular weight is 453 g/mol. The lowest BCUT2D eigenvalue weighted by atomic mass is 9.86. The maximum atomic E-state index is 13.2. The van der Waals surface area contributed by atoms with Crippen LogP contribution in [0.3, 0.4) is 0 Å². The van der Waals surface area contributed by atoms with E-state index in [1.807, 2.05) is 26.0 Å². The topological polar surface area (TPSA) is 54.0 Å². The number of hydrogen-bond donors (Lipinski definition) is 0. The fourth-order valence-electron chi connectivity index (χ4n) is 5.08. The van der Waals surface area contributed by atoms with E-state index in [4.69, 9.17) is 18.9 Å². The predicted octanol–water partition coefficient (Wildman–Crippen LogP) is 4.70. The molecule has 176 valence electrons. The van der Waals surface area contributed by atoms with Crippen LogP contribution in [0.2, 0.25) is 0 Å². The maximum absolute atomic E-state index is 13.2. The second kappa shape index (κ2) is 8.75. The molecule has 0 spiro atoms. The normalized spacial score (nSPS) is 18.3. The van der Waals surface area contributed by atoms with Crippen LogP contribution in [0.25, 0.3) is 6.08 Å². The molecule has 0 fully saturated rings. The van der Waals surface area contributed by atoms with Crippen molar-refractivity contribution in [3.8, 4) is 23.0 Å². The van der Waals surface area contributed by atoms with Crippen molar-refractivity contribution in [1.82, 2.24) is 0 Å². The minimum Gasteiger partial charge on any atom is -0.496 e. The summed E-state index contributed by atoms with van der Waals surface area (Å²) < 4.78 is 23.3. The molecule has 2 aromatic rings. The number of fused-ring (bicyclic) bond motifs is 2. The van der Waals surface area contributed by atoms with E-state index in [0.29, 0.717) is 22.4 Å². The lowest BCUT2D eigenvalue weighted by molar-refractivity contribution is -0.922. The van der Waals surface area contributed by atoms with Gasteiger partial charge in [0.25, 0.3) is 0 Å². The molecule has 0 aliphatic carbocycles. The first kappa shape index (κ1) is 23.2. The minimum absolute atomic E-state index is 0.0323. The highest BCUT2D eigenvalue weighted by atomic mass is 16.7. The number of ether oxygens (including phenoxy) is 4. The van der Waals surface area contributed by atoms with E-state index in [0.717, 1.165) is 52.3 Å². The number of likely N-dealkylation sites (N-methyl/N-ethyl adjacent to an activating group) is 1. The third-order valence-electron chi connectivity index (χ3n) is 7.24. The van der Waals surface area contributed by atoms with Crippen molar-refractivity contribution in [3.05, 3.63) is 51.6 Å². The molecule has 1 atom stereocenters. The summed E-state index contributed by atoms with van der Waals surface area (Å²) in [4.78, 5) is 13.2. The Bertz CT molecular complexity index is 1130. The van der Waals surface area contributed by atoms with Crippen LogP contribution in [0.15, 0.2) is 18.2 Å². The van der Waals surface area contributed by atoms with Crippen LogP contribution in [0.1, 0.15) is 45.8 Å². The number of nitrogens with zero attached hydrogens (tertiary/aromatic N) is 1. The zero-order valence-electron chi connectivity index (χ0n) is 20.7. The second-order valence-corrected chi connectivity index (χ2v) is 9.55. The quantitative estimate of drug-likeness (QED) is 0.470.